The highest BCUT2D eigenvalue weighted by atomic mass is 16.6. The van der Waals surface area contributed by atoms with E-state index >= 15 is 0 Å². The molecule has 0 spiro atoms. The Hall–Kier alpha value is -2.40. The molecule has 1 atom stereocenters. The first kappa shape index (κ1) is 61.6. The monoisotopic (exact) mass is 895 g/mol. The van der Waals surface area contributed by atoms with E-state index in [-0.39, 0.29) is 25.2 Å². The largest absolute Gasteiger partial charge is 0.462 e. The molecule has 0 saturated carbocycles. The second-order valence-electron chi connectivity index (χ2n) is 18.5. The first-order valence-corrected chi connectivity index (χ1v) is 27.8. The van der Waals surface area contributed by atoms with Gasteiger partial charge in [0.05, 0.1) is 6.61 Å². The molecule has 372 valence electrons. The number of rotatable bonds is 51. The van der Waals surface area contributed by atoms with Crippen molar-refractivity contribution in [3.63, 3.8) is 0 Å². The first-order chi connectivity index (χ1) is 31.6. The number of carbonyl (C=O) groups excluding carboxylic acids is 2. The fourth-order valence-electron chi connectivity index (χ4n) is 7.95. The Morgan fingerprint density at radius 1 is 0.359 bits per heavy atom. The van der Waals surface area contributed by atoms with E-state index in [0.29, 0.717) is 19.4 Å². The maximum atomic E-state index is 12.8. The van der Waals surface area contributed by atoms with Crippen molar-refractivity contribution in [2.75, 3.05) is 19.8 Å². The van der Waals surface area contributed by atoms with Gasteiger partial charge in [0.1, 0.15) is 6.61 Å². The van der Waals surface area contributed by atoms with Gasteiger partial charge in [-0.1, -0.05) is 261 Å². The minimum absolute atomic E-state index is 0.0781. The van der Waals surface area contributed by atoms with Crippen LogP contribution in [0.4, 0.5) is 0 Å². The summed E-state index contributed by atoms with van der Waals surface area (Å²) in [5, 5.41) is 0. The molecule has 0 aromatic heterocycles. The molecule has 5 nitrogen and oxygen atoms in total. The van der Waals surface area contributed by atoms with Crippen LogP contribution in [0.15, 0.2) is 60.8 Å². The summed E-state index contributed by atoms with van der Waals surface area (Å²) >= 11 is 0. The molecule has 0 aliphatic heterocycles. The van der Waals surface area contributed by atoms with Crippen LogP contribution in [0.5, 0.6) is 0 Å². The summed E-state index contributed by atoms with van der Waals surface area (Å²) in [5.41, 5.74) is 0. The van der Waals surface area contributed by atoms with Gasteiger partial charge in [0.25, 0.3) is 0 Å². The maximum Gasteiger partial charge on any atom is 0.306 e. The van der Waals surface area contributed by atoms with Crippen LogP contribution in [0.2, 0.25) is 0 Å². The van der Waals surface area contributed by atoms with Crippen LogP contribution in [0.25, 0.3) is 0 Å². The SMILES string of the molecule is CC/C=C\C/C=C\C/C=C\C/C=C\C/C=C\CCCCCCOCC(COC(=O)CCCCCCCCCCCCCCCCCCCCC)OC(=O)CCCCCCCCCCC. The zero-order valence-electron chi connectivity index (χ0n) is 42.8. The molecule has 1 unspecified atom stereocenters. The summed E-state index contributed by atoms with van der Waals surface area (Å²) in [6.45, 7) is 7.68. The minimum Gasteiger partial charge on any atom is -0.462 e. The van der Waals surface area contributed by atoms with E-state index < -0.39 is 6.10 Å². The smallest absolute Gasteiger partial charge is 0.306 e. The Kier molecular flexibility index (Phi) is 52.9. The molecule has 0 aromatic carbocycles. The highest BCUT2D eigenvalue weighted by Gasteiger charge is 2.17. The molecular formula is C59H106O5. The van der Waals surface area contributed by atoms with Crippen LogP contribution in [0.1, 0.15) is 278 Å². The zero-order valence-corrected chi connectivity index (χ0v) is 42.8. The first-order valence-electron chi connectivity index (χ1n) is 27.8. The second kappa shape index (κ2) is 54.9. The van der Waals surface area contributed by atoms with Gasteiger partial charge < -0.3 is 14.2 Å². The zero-order chi connectivity index (χ0) is 46.3. The summed E-state index contributed by atoms with van der Waals surface area (Å²) in [5.74, 6) is -0.402. The predicted molar refractivity (Wildman–Crippen MR) is 279 cm³/mol. The van der Waals surface area contributed by atoms with Gasteiger partial charge in [-0.3, -0.25) is 9.59 Å². The normalized spacial score (nSPS) is 12.6. The molecule has 0 heterocycles. The fraction of sp³-hybridized carbons (Fsp3) is 0.797. The Labute approximate surface area is 398 Å². The highest BCUT2D eigenvalue weighted by Crippen LogP contribution is 2.16. The minimum atomic E-state index is -0.546. The topological polar surface area (TPSA) is 61.8 Å². The average molecular weight is 895 g/mol. The number of hydrogen-bond acceptors (Lipinski definition) is 5. The molecule has 0 radical (unpaired) electrons. The van der Waals surface area contributed by atoms with E-state index in [1.165, 1.54) is 167 Å². The van der Waals surface area contributed by atoms with Gasteiger partial charge in [-0.15, -0.1) is 0 Å². The van der Waals surface area contributed by atoms with E-state index in [9.17, 15) is 9.59 Å². The third kappa shape index (κ3) is 52.2. The van der Waals surface area contributed by atoms with Crippen molar-refractivity contribution in [2.45, 2.75) is 284 Å². The fourth-order valence-corrected chi connectivity index (χ4v) is 7.95. The van der Waals surface area contributed by atoms with Crippen molar-refractivity contribution in [1.82, 2.24) is 0 Å². The molecule has 0 aliphatic rings. The maximum absolute atomic E-state index is 12.8. The number of carbonyl (C=O) groups is 2. The lowest BCUT2D eigenvalue weighted by Gasteiger charge is -2.18. The standard InChI is InChI=1S/C59H106O5/c1-4-7-10-13-16-19-21-23-25-27-29-31-33-35-37-39-42-45-48-51-54-62-55-57(64-59(61)53-50-47-44-40-18-15-12-9-6-3)56-63-58(60)52-49-46-43-41-38-36-34-32-30-28-26-24-22-20-17-14-11-8-5-2/h7,10,16,19,23,25,29,31,35,37,57H,4-6,8-9,11-15,17-18,20-22,24,26-28,30,32-34,36,38-56H2,1-3H3/b10-7-,19-16-,25-23-,31-29-,37-35-. The lowest BCUT2D eigenvalue weighted by molar-refractivity contribution is -0.163. The summed E-state index contributed by atoms with van der Waals surface area (Å²) in [6.07, 6.45) is 69.6. The molecule has 5 heteroatoms. The van der Waals surface area contributed by atoms with Crippen LogP contribution in [-0.2, 0) is 23.8 Å². The number of unbranched alkanes of at least 4 members (excludes halogenated alkanes) is 30. The van der Waals surface area contributed by atoms with Gasteiger partial charge >= 0.3 is 11.9 Å². The van der Waals surface area contributed by atoms with Crippen molar-refractivity contribution in [3.8, 4) is 0 Å². The van der Waals surface area contributed by atoms with E-state index in [2.05, 4.69) is 81.5 Å². The molecule has 64 heavy (non-hydrogen) atoms. The van der Waals surface area contributed by atoms with E-state index in [1.54, 1.807) is 0 Å². The van der Waals surface area contributed by atoms with Gasteiger partial charge in [-0.05, 0) is 64.2 Å². The summed E-state index contributed by atoms with van der Waals surface area (Å²) in [7, 11) is 0. The lowest BCUT2D eigenvalue weighted by Crippen LogP contribution is -2.30. The highest BCUT2D eigenvalue weighted by molar-refractivity contribution is 5.70. The number of ether oxygens (including phenoxy) is 3. The Balaban J connectivity index is 4.18. The van der Waals surface area contributed by atoms with E-state index in [0.717, 1.165) is 77.0 Å². The summed E-state index contributed by atoms with van der Waals surface area (Å²) < 4.78 is 17.4. The Bertz CT molecular complexity index is 1100. The lowest BCUT2D eigenvalue weighted by atomic mass is 10.0. The molecule has 0 N–H and O–H groups in total. The van der Waals surface area contributed by atoms with Crippen molar-refractivity contribution in [3.05, 3.63) is 60.8 Å². The van der Waals surface area contributed by atoms with Gasteiger partial charge in [0.2, 0.25) is 0 Å². The second-order valence-corrected chi connectivity index (χ2v) is 18.5. The Morgan fingerprint density at radius 2 is 0.703 bits per heavy atom. The van der Waals surface area contributed by atoms with Crippen molar-refractivity contribution >= 4 is 11.9 Å². The summed E-state index contributed by atoms with van der Waals surface area (Å²) in [4.78, 5) is 25.4. The van der Waals surface area contributed by atoms with Crippen LogP contribution in [0, 0.1) is 0 Å². The molecule has 0 aliphatic carbocycles. The molecule has 0 bridgehead atoms. The van der Waals surface area contributed by atoms with Gasteiger partial charge in [0.15, 0.2) is 6.10 Å². The number of esters is 2. The quantitative estimate of drug-likeness (QED) is 0.0346. The predicted octanol–water partition coefficient (Wildman–Crippen LogP) is 18.9. The van der Waals surface area contributed by atoms with Crippen LogP contribution in [-0.4, -0.2) is 37.9 Å². The van der Waals surface area contributed by atoms with Gasteiger partial charge in [0, 0.05) is 19.4 Å². The van der Waals surface area contributed by atoms with Crippen LogP contribution in [0.3, 0.4) is 0 Å². The number of hydrogen-bond donors (Lipinski definition) is 0. The molecule has 0 aromatic rings. The van der Waals surface area contributed by atoms with Crippen molar-refractivity contribution < 1.29 is 23.8 Å². The molecule has 0 rings (SSSR count). The van der Waals surface area contributed by atoms with E-state index in [1.807, 2.05) is 0 Å². The molecule has 0 saturated heterocycles. The van der Waals surface area contributed by atoms with Crippen molar-refractivity contribution in [1.29, 1.82) is 0 Å². The number of allylic oxidation sites excluding steroid dienone is 10. The van der Waals surface area contributed by atoms with Crippen LogP contribution < -0.4 is 0 Å². The average Bonchev–Trinajstić information content (AvgIpc) is 3.30. The van der Waals surface area contributed by atoms with Gasteiger partial charge in [-0.2, -0.15) is 0 Å². The Morgan fingerprint density at radius 3 is 1.12 bits per heavy atom. The molecule has 0 fully saturated rings. The summed E-state index contributed by atoms with van der Waals surface area (Å²) in [6, 6.07) is 0. The van der Waals surface area contributed by atoms with E-state index in [4.69, 9.17) is 14.2 Å². The third-order valence-electron chi connectivity index (χ3n) is 12.1. The van der Waals surface area contributed by atoms with Crippen LogP contribution >= 0.6 is 0 Å². The molecule has 0 amide bonds. The molecular weight excluding hydrogens is 789 g/mol. The van der Waals surface area contributed by atoms with Gasteiger partial charge in [-0.25, -0.2) is 0 Å². The third-order valence-corrected chi connectivity index (χ3v) is 12.1. The van der Waals surface area contributed by atoms with Crippen molar-refractivity contribution in [2.24, 2.45) is 0 Å².